The second-order valence-corrected chi connectivity index (χ2v) is 5.93. The first-order valence-electron chi connectivity index (χ1n) is 6.69. The molecule has 0 aliphatic carbocycles. The molecule has 2 rings (SSSR count). The van der Waals surface area contributed by atoms with E-state index in [4.69, 9.17) is 14.6 Å². The molecular weight excluding hydrogens is 274 g/mol. The summed E-state index contributed by atoms with van der Waals surface area (Å²) in [5.74, 6) is -0.986. The predicted octanol–water partition coefficient (Wildman–Crippen LogP) is 2.48. The number of amides is 1. The normalized spacial score (nSPS) is 17.8. The molecule has 1 aromatic carbocycles. The van der Waals surface area contributed by atoms with Crippen LogP contribution in [0.3, 0.4) is 0 Å². The molecule has 1 aromatic rings. The number of carboxylic acid groups (broad SMARTS) is 1. The van der Waals surface area contributed by atoms with Crippen molar-refractivity contribution in [2.24, 2.45) is 0 Å². The molecule has 0 radical (unpaired) electrons. The first-order valence-corrected chi connectivity index (χ1v) is 6.69. The molecule has 0 saturated carbocycles. The zero-order valence-corrected chi connectivity index (χ0v) is 12.3. The summed E-state index contributed by atoms with van der Waals surface area (Å²) >= 11 is 0. The monoisotopic (exact) mass is 293 g/mol. The summed E-state index contributed by atoms with van der Waals surface area (Å²) in [5, 5.41) is 11.7. The molecule has 6 nitrogen and oxygen atoms in total. The highest BCUT2D eigenvalue weighted by atomic mass is 16.6. The van der Waals surface area contributed by atoms with Crippen molar-refractivity contribution in [1.29, 1.82) is 0 Å². The molecule has 2 N–H and O–H groups in total. The van der Waals surface area contributed by atoms with Gasteiger partial charge in [-0.3, -0.25) is 0 Å². The maximum Gasteiger partial charge on any atom is 0.408 e. The van der Waals surface area contributed by atoms with E-state index in [1.807, 2.05) is 0 Å². The number of rotatable bonds is 2. The largest absolute Gasteiger partial charge is 0.478 e. The van der Waals surface area contributed by atoms with Crippen molar-refractivity contribution in [1.82, 2.24) is 5.32 Å². The minimum atomic E-state index is -0.986. The van der Waals surface area contributed by atoms with Crippen molar-refractivity contribution in [3.05, 3.63) is 34.9 Å². The van der Waals surface area contributed by atoms with Gasteiger partial charge in [0.1, 0.15) is 5.60 Å². The van der Waals surface area contributed by atoms with Crippen LogP contribution in [0.25, 0.3) is 0 Å². The molecule has 1 aliphatic rings. The van der Waals surface area contributed by atoms with Crippen LogP contribution in [0.2, 0.25) is 0 Å². The minimum absolute atomic E-state index is 0.204. The van der Waals surface area contributed by atoms with Gasteiger partial charge in [0.15, 0.2) is 0 Å². The van der Waals surface area contributed by atoms with Gasteiger partial charge in [-0.15, -0.1) is 0 Å². The van der Waals surface area contributed by atoms with Gasteiger partial charge in [-0.05, 0) is 44.0 Å². The van der Waals surface area contributed by atoms with E-state index in [9.17, 15) is 9.59 Å². The molecular formula is C15H19NO5. The fraction of sp³-hybridized carbons (Fsp3) is 0.467. The third-order valence-corrected chi connectivity index (χ3v) is 3.00. The van der Waals surface area contributed by atoms with Gasteiger partial charge in [-0.25, -0.2) is 9.59 Å². The van der Waals surface area contributed by atoms with Crippen molar-refractivity contribution in [3.63, 3.8) is 0 Å². The second kappa shape index (κ2) is 5.73. The predicted molar refractivity (Wildman–Crippen MR) is 75.2 cm³/mol. The average Bonchev–Trinajstić information content (AvgIpc) is 2.36. The van der Waals surface area contributed by atoms with E-state index in [1.165, 1.54) is 6.07 Å². The lowest BCUT2D eigenvalue weighted by Gasteiger charge is -2.28. The van der Waals surface area contributed by atoms with Crippen LogP contribution in [0.5, 0.6) is 0 Å². The van der Waals surface area contributed by atoms with Gasteiger partial charge in [0.2, 0.25) is 0 Å². The molecule has 0 unspecified atom stereocenters. The average molecular weight is 293 g/mol. The molecule has 0 aromatic heterocycles. The molecule has 6 heteroatoms. The van der Waals surface area contributed by atoms with E-state index in [0.29, 0.717) is 13.2 Å². The summed E-state index contributed by atoms with van der Waals surface area (Å²) in [4.78, 5) is 22.8. The molecule has 21 heavy (non-hydrogen) atoms. The minimum Gasteiger partial charge on any atom is -0.478 e. The summed E-state index contributed by atoms with van der Waals surface area (Å²) < 4.78 is 10.6. The van der Waals surface area contributed by atoms with E-state index in [2.05, 4.69) is 5.32 Å². The SMILES string of the molecule is CC(C)(C)OC(=O)N[C@@H]1COCc2cc(C(=O)O)ccc21. The third kappa shape index (κ3) is 3.95. The van der Waals surface area contributed by atoms with Crippen LogP contribution in [-0.2, 0) is 16.1 Å². The van der Waals surface area contributed by atoms with E-state index < -0.39 is 17.7 Å². The summed E-state index contributed by atoms with van der Waals surface area (Å²) in [6, 6.07) is 4.46. The van der Waals surface area contributed by atoms with E-state index >= 15 is 0 Å². The zero-order chi connectivity index (χ0) is 15.6. The number of fused-ring (bicyclic) bond motifs is 1. The number of hydrogen-bond acceptors (Lipinski definition) is 4. The van der Waals surface area contributed by atoms with Crippen LogP contribution in [-0.4, -0.2) is 29.4 Å². The Morgan fingerprint density at radius 1 is 1.38 bits per heavy atom. The summed E-state index contributed by atoms with van der Waals surface area (Å²) in [5.41, 5.74) is 1.25. The number of alkyl carbamates (subject to hydrolysis) is 1. The highest BCUT2D eigenvalue weighted by Gasteiger charge is 2.25. The molecule has 0 saturated heterocycles. The fourth-order valence-corrected chi connectivity index (χ4v) is 2.15. The maximum absolute atomic E-state index is 11.8. The van der Waals surface area contributed by atoms with Gasteiger partial charge < -0.3 is 19.9 Å². The highest BCUT2D eigenvalue weighted by molar-refractivity contribution is 5.88. The molecule has 1 heterocycles. The van der Waals surface area contributed by atoms with E-state index in [1.54, 1.807) is 32.9 Å². The van der Waals surface area contributed by atoms with E-state index in [0.717, 1.165) is 11.1 Å². The van der Waals surface area contributed by atoms with Gasteiger partial charge in [-0.1, -0.05) is 6.07 Å². The Hall–Kier alpha value is -2.08. The van der Waals surface area contributed by atoms with Crippen LogP contribution in [0.1, 0.15) is 48.3 Å². The molecule has 0 spiro atoms. The van der Waals surface area contributed by atoms with Crippen molar-refractivity contribution >= 4 is 12.1 Å². The number of carboxylic acids is 1. The van der Waals surface area contributed by atoms with Crippen LogP contribution >= 0.6 is 0 Å². The van der Waals surface area contributed by atoms with Crippen molar-refractivity contribution in [2.75, 3.05) is 6.61 Å². The van der Waals surface area contributed by atoms with Crippen LogP contribution in [0.15, 0.2) is 18.2 Å². The number of aromatic carboxylic acids is 1. The topological polar surface area (TPSA) is 84.9 Å². The first-order chi connectivity index (χ1) is 9.76. The maximum atomic E-state index is 11.8. The van der Waals surface area contributed by atoms with Gasteiger partial charge in [0.05, 0.1) is 24.8 Å². The van der Waals surface area contributed by atoms with Gasteiger partial charge in [0, 0.05) is 0 Å². The van der Waals surface area contributed by atoms with Crippen LogP contribution in [0, 0.1) is 0 Å². The van der Waals surface area contributed by atoms with Crippen LogP contribution in [0.4, 0.5) is 4.79 Å². The summed E-state index contributed by atoms with van der Waals surface area (Å²) in [7, 11) is 0. The Balaban J connectivity index is 2.15. The Morgan fingerprint density at radius 3 is 2.71 bits per heavy atom. The highest BCUT2D eigenvalue weighted by Crippen LogP contribution is 2.26. The molecule has 114 valence electrons. The second-order valence-electron chi connectivity index (χ2n) is 5.93. The van der Waals surface area contributed by atoms with Crippen molar-refractivity contribution < 1.29 is 24.2 Å². The van der Waals surface area contributed by atoms with Crippen molar-refractivity contribution in [2.45, 2.75) is 39.0 Å². The van der Waals surface area contributed by atoms with E-state index in [-0.39, 0.29) is 11.6 Å². The summed E-state index contributed by atoms with van der Waals surface area (Å²) in [6.45, 7) is 6.03. The Kier molecular flexibility index (Phi) is 4.18. The van der Waals surface area contributed by atoms with Gasteiger partial charge >= 0.3 is 12.1 Å². The molecule has 0 bridgehead atoms. The number of ether oxygens (including phenoxy) is 2. The molecule has 0 fully saturated rings. The Bertz CT molecular complexity index is 562. The lowest BCUT2D eigenvalue weighted by Crippen LogP contribution is -2.38. The Morgan fingerprint density at radius 2 is 2.10 bits per heavy atom. The Labute approximate surface area is 123 Å². The van der Waals surface area contributed by atoms with Gasteiger partial charge in [-0.2, -0.15) is 0 Å². The van der Waals surface area contributed by atoms with Crippen molar-refractivity contribution in [3.8, 4) is 0 Å². The van der Waals surface area contributed by atoms with Crippen LogP contribution < -0.4 is 5.32 Å². The number of carbonyl (C=O) groups excluding carboxylic acids is 1. The number of carbonyl (C=O) groups is 2. The first kappa shape index (κ1) is 15.3. The standard InChI is InChI=1S/C15H19NO5/c1-15(2,3)21-14(19)16-12-8-20-7-10-6-9(13(17)18)4-5-11(10)12/h4-6,12H,7-8H2,1-3H3,(H,16,19)(H,17,18)/t12-/m1/s1. The lowest BCUT2D eigenvalue weighted by molar-refractivity contribution is 0.0388. The lowest BCUT2D eigenvalue weighted by atomic mass is 9.97. The quantitative estimate of drug-likeness (QED) is 0.875. The number of hydrogen-bond donors (Lipinski definition) is 2. The molecule has 1 atom stereocenters. The molecule has 1 amide bonds. The third-order valence-electron chi connectivity index (χ3n) is 3.00. The number of benzene rings is 1. The smallest absolute Gasteiger partial charge is 0.408 e. The van der Waals surface area contributed by atoms with Gasteiger partial charge in [0.25, 0.3) is 0 Å². The molecule has 1 aliphatic heterocycles. The number of nitrogens with one attached hydrogen (secondary N) is 1. The summed E-state index contributed by atoms with van der Waals surface area (Å²) in [6.07, 6.45) is -0.522. The fourth-order valence-electron chi connectivity index (χ4n) is 2.15. The zero-order valence-electron chi connectivity index (χ0n) is 12.3.